The molecule has 1 heterocycles. The summed E-state index contributed by atoms with van der Waals surface area (Å²) in [4.78, 5) is 12.6. The highest BCUT2D eigenvalue weighted by atomic mass is 35.5. The first-order valence-corrected chi connectivity index (χ1v) is 9.80. The largest absolute Gasteiger partial charge is 0.481 e. The molecule has 5 nitrogen and oxygen atoms in total. The quantitative estimate of drug-likeness (QED) is 0.611. The van der Waals surface area contributed by atoms with Gasteiger partial charge in [-0.05, 0) is 55.7 Å². The number of nitrogens with one attached hydrogen (secondary N) is 1. The van der Waals surface area contributed by atoms with Crippen molar-refractivity contribution in [2.45, 2.75) is 33.3 Å². The van der Waals surface area contributed by atoms with E-state index in [0.29, 0.717) is 27.3 Å². The number of amides is 1. The van der Waals surface area contributed by atoms with Gasteiger partial charge in [0.05, 0.1) is 0 Å². The van der Waals surface area contributed by atoms with Gasteiger partial charge >= 0.3 is 0 Å². The first-order chi connectivity index (χ1) is 13.0. The number of rotatable bonds is 6. The average Bonchev–Trinajstić information content (AvgIpc) is 3.11. The molecular weight excluding hydrogens is 382 g/mol. The minimum Gasteiger partial charge on any atom is -0.481 e. The van der Waals surface area contributed by atoms with Crippen LogP contribution < -0.4 is 10.1 Å². The number of benzene rings is 2. The first kappa shape index (κ1) is 19.3. The van der Waals surface area contributed by atoms with E-state index in [1.165, 1.54) is 16.9 Å². The number of nitrogens with zero attached hydrogens (tertiary/aromatic N) is 2. The molecular formula is C20H20ClN3O2S. The molecule has 0 aliphatic rings. The Morgan fingerprint density at radius 2 is 1.89 bits per heavy atom. The van der Waals surface area contributed by atoms with Crippen molar-refractivity contribution < 1.29 is 9.53 Å². The van der Waals surface area contributed by atoms with Gasteiger partial charge in [0.25, 0.3) is 5.91 Å². The van der Waals surface area contributed by atoms with E-state index in [2.05, 4.69) is 15.5 Å². The molecule has 3 aromatic rings. The second-order valence-electron chi connectivity index (χ2n) is 6.17. The molecule has 3 rings (SSSR count). The molecule has 2 aromatic carbocycles. The minimum absolute atomic E-state index is 0.241. The molecule has 1 amide bonds. The highest BCUT2D eigenvalue weighted by Gasteiger charge is 2.20. The van der Waals surface area contributed by atoms with Crippen LogP contribution in [0.1, 0.15) is 24.5 Å². The maximum Gasteiger partial charge on any atom is 0.267 e. The van der Waals surface area contributed by atoms with Crippen LogP contribution in [-0.4, -0.2) is 22.2 Å². The van der Waals surface area contributed by atoms with Crippen LogP contribution in [0, 0.1) is 13.8 Å². The molecule has 27 heavy (non-hydrogen) atoms. The maximum atomic E-state index is 12.6. The van der Waals surface area contributed by atoms with E-state index in [9.17, 15) is 4.79 Å². The van der Waals surface area contributed by atoms with Crippen LogP contribution in [0.2, 0.25) is 5.02 Å². The lowest BCUT2D eigenvalue weighted by Crippen LogP contribution is -2.32. The van der Waals surface area contributed by atoms with Crippen molar-refractivity contribution in [1.82, 2.24) is 10.2 Å². The van der Waals surface area contributed by atoms with Crippen molar-refractivity contribution in [3.63, 3.8) is 0 Å². The SMILES string of the molecule is CCC(Oc1ccc(C)c(C)c1)C(=O)Nc1nnc(-c2ccc(Cl)cc2)s1. The summed E-state index contributed by atoms with van der Waals surface area (Å²) in [5.74, 6) is 0.439. The third kappa shape index (κ3) is 4.84. The third-order valence-corrected chi connectivity index (χ3v) is 5.31. The van der Waals surface area contributed by atoms with E-state index in [1.54, 1.807) is 12.1 Å². The lowest BCUT2D eigenvalue weighted by molar-refractivity contribution is -0.122. The van der Waals surface area contributed by atoms with Gasteiger partial charge in [0, 0.05) is 10.6 Å². The number of aryl methyl sites for hydroxylation is 2. The normalized spacial score (nSPS) is 11.9. The van der Waals surface area contributed by atoms with Crippen LogP contribution in [0.25, 0.3) is 10.6 Å². The number of anilines is 1. The van der Waals surface area contributed by atoms with E-state index in [1.807, 2.05) is 51.1 Å². The number of halogens is 1. The van der Waals surface area contributed by atoms with Crippen LogP contribution in [-0.2, 0) is 4.79 Å². The van der Waals surface area contributed by atoms with Crippen molar-refractivity contribution in [1.29, 1.82) is 0 Å². The van der Waals surface area contributed by atoms with Crippen molar-refractivity contribution in [2.24, 2.45) is 0 Å². The van der Waals surface area contributed by atoms with Crippen molar-refractivity contribution in [2.75, 3.05) is 5.32 Å². The molecule has 0 saturated heterocycles. The smallest absolute Gasteiger partial charge is 0.267 e. The Balaban J connectivity index is 1.67. The van der Waals surface area contributed by atoms with Crippen LogP contribution >= 0.6 is 22.9 Å². The number of hydrogen-bond acceptors (Lipinski definition) is 5. The average molecular weight is 402 g/mol. The van der Waals surface area contributed by atoms with Gasteiger partial charge in [-0.25, -0.2) is 0 Å². The van der Waals surface area contributed by atoms with E-state index in [4.69, 9.17) is 16.3 Å². The molecule has 0 radical (unpaired) electrons. The Labute approximate surface area is 167 Å². The molecule has 140 valence electrons. The summed E-state index contributed by atoms with van der Waals surface area (Å²) in [6, 6.07) is 13.1. The third-order valence-electron chi connectivity index (χ3n) is 4.17. The summed E-state index contributed by atoms with van der Waals surface area (Å²) >= 11 is 7.21. The second kappa shape index (κ2) is 8.50. The molecule has 1 unspecified atom stereocenters. The number of aromatic nitrogens is 2. The van der Waals surface area contributed by atoms with E-state index < -0.39 is 6.10 Å². The standard InChI is InChI=1S/C20H20ClN3O2S/c1-4-17(26-16-10-5-12(2)13(3)11-16)18(25)22-20-24-23-19(27-20)14-6-8-15(21)9-7-14/h5-11,17H,4H2,1-3H3,(H,22,24,25). The minimum atomic E-state index is -0.602. The van der Waals surface area contributed by atoms with E-state index in [0.717, 1.165) is 11.1 Å². The molecule has 0 spiro atoms. The second-order valence-corrected chi connectivity index (χ2v) is 7.58. The molecule has 0 bridgehead atoms. The van der Waals surface area contributed by atoms with Gasteiger partial charge in [0.15, 0.2) is 6.10 Å². The van der Waals surface area contributed by atoms with Crippen molar-refractivity contribution >= 4 is 34.0 Å². The van der Waals surface area contributed by atoms with E-state index in [-0.39, 0.29) is 5.91 Å². The fraction of sp³-hybridized carbons (Fsp3) is 0.250. The molecule has 1 aromatic heterocycles. The lowest BCUT2D eigenvalue weighted by atomic mass is 10.1. The summed E-state index contributed by atoms with van der Waals surface area (Å²) < 4.78 is 5.87. The molecule has 1 atom stereocenters. The zero-order valence-electron chi connectivity index (χ0n) is 15.3. The summed E-state index contributed by atoms with van der Waals surface area (Å²) in [6.07, 6.45) is -0.0586. The molecule has 0 fully saturated rings. The van der Waals surface area contributed by atoms with Gasteiger partial charge in [0.2, 0.25) is 5.13 Å². The maximum absolute atomic E-state index is 12.6. The number of hydrogen-bond donors (Lipinski definition) is 1. The molecule has 7 heteroatoms. The predicted molar refractivity (Wildman–Crippen MR) is 110 cm³/mol. The number of ether oxygens (including phenoxy) is 1. The van der Waals surface area contributed by atoms with Gasteiger partial charge in [-0.1, -0.05) is 48.1 Å². The zero-order valence-corrected chi connectivity index (χ0v) is 16.9. The summed E-state index contributed by atoms with van der Waals surface area (Å²) in [6.45, 7) is 5.96. The Morgan fingerprint density at radius 3 is 2.56 bits per heavy atom. The molecule has 0 aliphatic carbocycles. The Hall–Kier alpha value is -2.44. The van der Waals surface area contributed by atoms with Gasteiger partial charge in [0.1, 0.15) is 10.8 Å². The predicted octanol–water partition coefficient (Wildman–Crippen LogP) is 5.27. The van der Waals surface area contributed by atoms with Crippen molar-refractivity contribution in [3.8, 4) is 16.3 Å². The topological polar surface area (TPSA) is 64.1 Å². The van der Waals surface area contributed by atoms with Gasteiger partial charge in [-0.2, -0.15) is 0 Å². The summed E-state index contributed by atoms with van der Waals surface area (Å²) in [5.41, 5.74) is 3.21. The van der Waals surface area contributed by atoms with Gasteiger partial charge in [-0.3, -0.25) is 10.1 Å². The fourth-order valence-corrected chi connectivity index (χ4v) is 3.32. The zero-order chi connectivity index (χ0) is 19.4. The van der Waals surface area contributed by atoms with Crippen molar-refractivity contribution in [3.05, 3.63) is 58.6 Å². The van der Waals surface area contributed by atoms with E-state index >= 15 is 0 Å². The molecule has 0 aliphatic heterocycles. The Morgan fingerprint density at radius 1 is 1.15 bits per heavy atom. The highest BCUT2D eigenvalue weighted by molar-refractivity contribution is 7.18. The van der Waals surface area contributed by atoms with Gasteiger partial charge < -0.3 is 4.74 Å². The number of carbonyl (C=O) groups is 1. The first-order valence-electron chi connectivity index (χ1n) is 8.60. The van der Waals surface area contributed by atoms with Crippen LogP contribution in [0.4, 0.5) is 5.13 Å². The Bertz CT molecular complexity index is 941. The molecule has 0 saturated carbocycles. The van der Waals surface area contributed by atoms with Crippen LogP contribution in [0.3, 0.4) is 0 Å². The fourth-order valence-electron chi connectivity index (χ4n) is 2.44. The Kier molecular flexibility index (Phi) is 6.08. The summed E-state index contributed by atoms with van der Waals surface area (Å²) in [7, 11) is 0. The number of carbonyl (C=O) groups excluding carboxylic acids is 1. The molecule has 1 N–H and O–H groups in total. The van der Waals surface area contributed by atoms with Gasteiger partial charge in [-0.15, -0.1) is 10.2 Å². The highest BCUT2D eigenvalue weighted by Crippen LogP contribution is 2.27. The van der Waals surface area contributed by atoms with Crippen LogP contribution in [0.5, 0.6) is 5.75 Å². The van der Waals surface area contributed by atoms with Crippen LogP contribution in [0.15, 0.2) is 42.5 Å². The monoisotopic (exact) mass is 401 g/mol. The lowest BCUT2D eigenvalue weighted by Gasteiger charge is -2.17. The summed E-state index contributed by atoms with van der Waals surface area (Å²) in [5, 5.41) is 12.8.